The van der Waals surface area contributed by atoms with Crippen molar-refractivity contribution in [3.05, 3.63) is 69.7 Å². The molecule has 0 spiro atoms. The first-order valence-corrected chi connectivity index (χ1v) is 7.06. The number of hydrogen-bond donors (Lipinski definition) is 0. The molecule has 1 aliphatic rings. The van der Waals surface area contributed by atoms with Gasteiger partial charge in [-0.05, 0) is 43.3 Å². The topological polar surface area (TPSA) is 56.3 Å². The van der Waals surface area contributed by atoms with E-state index in [-0.39, 0.29) is 23.0 Å². The van der Waals surface area contributed by atoms with E-state index < -0.39 is 0 Å². The van der Waals surface area contributed by atoms with Crippen LogP contribution in [0.4, 0.5) is 0 Å². The lowest BCUT2D eigenvalue weighted by atomic mass is 9.98. The molecule has 1 aromatic heterocycles. The molecule has 4 nitrogen and oxygen atoms in total. The third-order valence-corrected chi connectivity index (χ3v) is 3.57. The Labute approximate surface area is 129 Å². The lowest BCUT2D eigenvalue weighted by Gasteiger charge is -2.15. The van der Waals surface area contributed by atoms with Crippen molar-refractivity contribution in [2.75, 3.05) is 0 Å². The molecule has 2 aromatic rings. The van der Waals surface area contributed by atoms with Crippen LogP contribution in [0, 0.1) is 6.92 Å². The van der Waals surface area contributed by atoms with Crippen molar-refractivity contribution >= 4 is 27.5 Å². The summed E-state index contributed by atoms with van der Waals surface area (Å²) in [6, 6.07) is 10.3. The third kappa shape index (κ3) is 2.64. The smallest absolute Gasteiger partial charge is 0.247 e. The van der Waals surface area contributed by atoms with Crippen LogP contribution in [-0.4, -0.2) is 16.6 Å². The van der Waals surface area contributed by atoms with E-state index in [2.05, 4.69) is 20.9 Å². The monoisotopic (exact) mass is 343 g/mol. The first-order chi connectivity index (χ1) is 10.0. The Balaban J connectivity index is 1.96. The second-order valence-electron chi connectivity index (χ2n) is 4.61. The van der Waals surface area contributed by atoms with Crippen molar-refractivity contribution in [1.82, 2.24) is 4.98 Å². The predicted octanol–water partition coefficient (Wildman–Crippen LogP) is 3.49. The molecule has 104 valence electrons. The highest BCUT2D eigenvalue weighted by Crippen LogP contribution is 2.24. The minimum atomic E-state index is -0.379. The Bertz CT molecular complexity index is 779. The molecule has 0 aliphatic heterocycles. The van der Waals surface area contributed by atoms with Gasteiger partial charge in [-0.3, -0.25) is 9.59 Å². The number of rotatable bonds is 2. The standard InChI is InChI=1S/C16H10BrNO3/c1-9-2-7-12-13(19)8-14(16(20)15(12)18-9)21-11-5-3-10(17)4-6-11/h2-8H,1H3. The number of allylic oxidation sites excluding steroid dienone is 2. The van der Waals surface area contributed by atoms with Crippen LogP contribution in [0.25, 0.3) is 0 Å². The van der Waals surface area contributed by atoms with Crippen LogP contribution in [0.15, 0.2) is 52.7 Å². The number of Topliss-reactive ketones (excluding diaryl/α,β-unsaturated/α-hetero) is 1. The molecule has 0 unspecified atom stereocenters. The SMILES string of the molecule is Cc1ccc2c(n1)C(=O)C(Oc1ccc(Br)cc1)=CC2=O. The third-order valence-electron chi connectivity index (χ3n) is 3.04. The Morgan fingerprint density at radius 3 is 2.48 bits per heavy atom. The first-order valence-electron chi connectivity index (χ1n) is 6.26. The minimum absolute atomic E-state index is 0.00655. The Morgan fingerprint density at radius 1 is 1.05 bits per heavy atom. The number of carbonyl (C=O) groups excluding carboxylic acids is 2. The van der Waals surface area contributed by atoms with Gasteiger partial charge in [0.25, 0.3) is 0 Å². The van der Waals surface area contributed by atoms with E-state index >= 15 is 0 Å². The van der Waals surface area contributed by atoms with E-state index in [0.717, 1.165) is 4.47 Å². The number of aromatic nitrogens is 1. The van der Waals surface area contributed by atoms with Gasteiger partial charge in [0.1, 0.15) is 11.4 Å². The zero-order valence-electron chi connectivity index (χ0n) is 11.1. The normalized spacial score (nSPS) is 13.7. The highest BCUT2D eigenvalue weighted by Gasteiger charge is 2.28. The number of nitrogens with zero attached hydrogens (tertiary/aromatic N) is 1. The maximum atomic E-state index is 12.4. The van der Waals surface area contributed by atoms with Gasteiger partial charge < -0.3 is 4.74 Å². The number of halogens is 1. The number of carbonyl (C=O) groups is 2. The van der Waals surface area contributed by atoms with Gasteiger partial charge in [0, 0.05) is 16.2 Å². The van der Waals surface area contributed by atoms with Crippen LogP contribution >= 0.6 is 15.9 Å². The van der Waals surface area contributed by atoms with Gasteiger partial charge in [-0.15, -0.1) is 0 Å². The minimum Gasteiger partial charge on any atom is -0.453 e. The van der Waals surface area contributed by atoms with Crippen LogP contribution in [0.3, 0.4) is 0 Å². The van der Waals surface area contributed by atoms with Gasteiger partial charge in [-0.25, -0.2) is 4.98 Å². The van der Waals surface area contributed by atoms with Crippen LogP contribution in [0.1, 0.15) is 26.5 Å². The zero-order chi connectivity index (χ0) is 15.0. The van der Waals surface area contributed by atoms with Gasteiger partial charge in [0.05, 0.1) is 5.56 Å². The second kappa shape index (κ2) is 5.26. The van der Waals surface area contributed by atoms with Crippen LogP contribution in [-0.2, 0) is 0 Å². The van der Waals surface area contributed by atoms with Gasteiger partial charge in [-0.1, -0.05) is 15.9 Å². The average molecular weight is 344 g/mol. The highest BCUT2D eigenvalue weighted by molar-refractivity contribution is 9.10. The fourth-order valence-corrected chi connectivity index (χ4v) is 2.28. The summed E-state index contributed by atoms with van der Waals surface area (Å²) >= 11 is 3.32. The quantitative estimate of drug-likeness (QED) is 0.837. The molecule has 1 aliphatic carbocycles. The van der Waals surface area contributed by atoms with Gasteiger partial charge in [0.15, 0.2) is 11.5 Å². The molecule has 0 N–H and O–H groups in total. The molecule has 1 heterocycles. The molecule has 0 fully saturated rings. The predicted molar refractivity (Wildman–Crippen MR) is 80.5 cm³/mol. The van der Waals surface area contributed by atoms with Gasteiger partial charge in [-0.2, -0.15) is 0 Å². The molecule has 0 saturated carbocycles. The fourth-order valence-electron chi connectivity index (χ4n) is 2.01. The van der Waals surface area contributed by atoms with Gasteiger partial charge >= 0.3 is 0 Å². The molecule has 21 heavy (non-hydrogen) atoms. The number of ketones is 2. The summed E-state index contributed by atoms with van der Waals surface area (Å²) in [5, 5.41) is 0. The number of hydrogen-bond acceptors (Lipinski definition) is 4. The fraction of sp³-hybridized carbons (Fsp3) is 0.0625. The molecule has 0 bridgehead atoms. The molecular weight excluding hydrogens is 334 g/mol. The molecule has 1 aromatic carbocycles. The number of pyridine rings is 1. The van der Waals surface area contributed by atoms with Crippen LogP contribution in [0.2, 0.25) is 0 Å². The summed E-state index contributed by atoms with van der Waals surface area (Å²) in [7, 11) is 0. The van der Waals surface area contributed by atoms with Crippen molar-refractivity contribution in [3.8, 4) is 5.75 Å². The molecule has 5 heteroatoms. The number of ether oxygens (including phenoxy) is 1. The summed E-state index contributed by atoms with van der Waals surface area (Å²) in [6.07, 6.45) is 1.21. The second-order valence-corrected chi connectivity index (χ2v) is 5.52. The summed E-state index contributed by atoms with van der Waals surface area (Å²) < 4.78 is 6.42. The maximum Gasteiger partial charge on any atom is 0.247 e. The van der Waals surface area contributed by atoms with Crippen molar-refractivity contribution in [2.24, 2.45) is 0 Å². The van der Waals surface area contributed by atoms with Crippen molar-refractivity contribution in [3.63, 3.8) is 0 Å². The van der Waals surface area contributed by atoms with Crippen LogP contribution < -0.4 is 4.74 Å². The summed E-state index contributed by atoms with van der Waals surface area (Å²) in [5.74, 6) is -0.171. The first kappa shape index (κ1) is 13.7. The molecule has 3 rings (SSSR count). The van der Waals surface area contributed by atoms with E-state index in [4.69, 9.17) is 4.74 Å². The molecule has 0 radical (unpaired) electrons. The van der Waals surface area contributed by atoms with Crippen molar-refractivity contribution < 1.29 is 14.3 Å². The Morgan fingerprint density at radius 2 is 1.76 bits per heavy atom. The Kier molecular flexibility index (Phi) is 3.43. The van der Waals surface area contributed by atoms with Crippen molar-refractivity contribution in [2.45, 2.75) is 6.92 Å². The van der Waals surface area contributed by atoms with E-state index in [9.17, 15) is 9.59 Å². The zero-order valence-corrected chi connectivity index (χ0v) is 12.7. The van der Waals surface area contributed by atoms with Gasteiger partial charge in [0.2, 0.25) is 5.78 Å². The Hall–Kier alpha value is -2.27. The molecule has 0 amide bonds. The van der Waals surface area contributed by atoms with Crippen molar-refractivity contribution in [1.29, 1.82) is 0 Å². The molecular formula is C16H10BrNO3. The summed E-state index contributed by atoms with van der Waals surface area (Å²) in [6.45, 7) is 1.77. The average Bonchev–Trinajstić information content (AvgIpc) is 2.46. The number of fused-ring (bicyclic) bond motifs is 1. The highest BCUT2D eigenvalue weighted by atomic mass is 79.9. The molecule has 0 atom stereocenters. The van der Waals surface area contributed by atoms with E-state index in [1.165, 1.54) is 6.08 Å². The maximum absolute atomic E-state index is 12.4. The summed E-state index contributed by atoms with van der Waals surface area (Å²) in [5.41, 5.74) is 1.14. The van der Waals surface area contributed by atoms with E-state index in [0.29, 0.717) is 17.0 Å². The lowest BCUT2D eigenvalue weighted by Crippen LogP contribution is -2.22. The van der Waals surface area contributed by atoms with E-state index in [1.807, 2.05) is 0 Å². The van der Waals surface area contributed by atoms with E-state index in [1.54, 1.807) is 43.3 Å². The number of benzene rings is 1. The number of aryl methyl sites for hydroxylation is 1. The largest absolute Gasteiger partial charge is 0.453 e. The summed E-state index contributed by atoms with van der Waals surface area (Å²) in [4.78, 5) is 28.6. The molecule has 0 saturated heterocycles. The lowest BCUT2D eigenvalue weighted by molar-refractivity contribution is 0.0942. The van der Waals surface area contributed by atoms with Crippen LogP contribution in [0.5, 0.6) is 5.75 Å².